The summed E-state index contributed by atoms with van der Waals surface area (Å²) in [5, 5.41) is 2.99. The van der Waals surface area contributed by atoms with Crippen molar-refractivity contribution in [2.75, 3.05) is 11.9 Å². The number of benzene rings is 3. The summed E-state index contributed by atoms with van der Waals surface area (Å²) in [5.41, 5.74) is 2.60. The van der Waals surface area contributed by atoms with E-state index in [0.29, 0.717) is 17.9 Å². The van der Waals surface area contributed by atoms with Crippen molar-refractivity contribution >= 4 is 17.6 Å². The maximum absolute atomic E-state index is 13.3. The average Bonchev–Trinajstić information content (AvgIpc) is 3.01. The summed E-state index contributed by atoms with van der Waals surface area (Å²) in [7, 11) is 0. The predicted molar refractivity (Wildman–Crippen MR) is 104 cm³/mol. The van der Waals surface area contributed by atoms with E-state index in [0.717, 1.165) is 16.7 Å². The van der Waals surface area contributed by atoms with Crippen LogP contribution in [-0.4, -0.2) is 18.5 Å². The van der Waals surface area contributed by atoms with Crippen molar-refractivity contribution in [1.29, 1.82) is 0 Å². The zero-order chi connectivity index (χ0) is 18.9. The second kappa shape index (κ2) is 6.72. The van der Waals surface area contributed by atoms with Crippen molar-refractivity contribution in [2.24, 2.45) is 0 Å². The molecule has 0 bridgehead atoms. The SMILES string of the molecule is CCOC(=O)c1ccc2c(c1)C(c1ccccc1)(c1ccccc1)C(=O)N2. The molecule has 0 unspecified atom stereocenters. The molecule has 1 amide bonds. The van der Waals surface area contributed by atoms with Gasteiger partial charge in [0.15, 0.2) is 0 Å². The van der Waals surface area contributed by atoms with Gasteiger partial charge in [-0.1, -0.05) is 60.7 Å². The Morgan fingerprint density at radius 2 is 1.52 bits per heavy atom. The van der Waals surface area contributed by atoms with Gasteiger partial charge in [-0.05, 0) is 36.2 Å². The molecule has 0 atom stereocenters. The first kappa shape index (κ1) is 17.0. The van der Waals surface area contributed by atoms with Crippen LogP contribution in [0.15, 0.2) is 78.9 Å². The van der Waals surface area contributed by atoms with Crippen LogP contribution < -0.4 is 5.32 Å². The van der Waals surface area contributed by atoms with E-state index in [-0.39, 0.29) is 5.91 Å². The highest BCUT2D eigenvalue weighted by Gasteiger charge is 2.49. The van der Waals surface area contributed by atoms with Crippen LogP contribution in [0, 0.1) is 0 Å². The third-order valence-electron chi connectivity index (χ3n) is 4.94. The summed E-state index contributed by atoms with van der Waals surface area (Å²) in [6.45, 7) is 2.07. The van der Waals surface area contributed by atoms with Crippen LogP contribution in [0.3, 0.4) is 0 Å². The van der Waals surface area contributed by atoms with Crippen molar-refractivity contribution < 1.29 is 14.3 Å². The van der Waals surface area contributed by atoms with Gasteiger partial charge in [0.25, 0.3) is 0 Å². The van der Waals surface area contributed by atoms with Gasteiger partial charge in [-0.15, -0.1) is 0 Å². The Bertz CT molecular complexity index is 957. The molecule has 3 aromatic rings. The molecule has 3 aromatic carbocycles. The van der Waals surface area contributed by atoms with Gasteiger partial charge in [0.1, 0.15) is 5.41 Å². The Morgan fingerprint density at radius 1 is 0.926 bits per heavy atom. The second-order valence-electron chi connectivity index (χ2n) is 6.42. The highest BCUT2D eigenvalue weighted by Crippen LogP contribution is 2.47. The van der Waals surface area contributed by atoms with Crippen LogP contribution in [0.2, 0.25) is 0 Å². The zero-order valence-electron chi connectivity index (χ0n) is 14.9. The Labute approximate surface area is 157 Å². The maximum Gasteiger partial charge on any atom is 0.338 e. The van der Waals surface area contributed by atoms with E-state index < -0.39 is 11.4 Å². The van der Waals surface area contributed by atoms with Crippen molar-refractivity contribution in [1.82, 2.24) is 0 Å². The van der Waals surface area contributed by atoms with Crippen LogP contribution in [-0.2, 0) is 14.9 Å². The van der Waals surface area contributed by atoms with E-state index in [9.17, 15) is 9.59 Å². The Kier molecular flexibility index (Phi) is 4.24. The number of rotatable bonds is 4. The predicted octanol–water partition coefficient (Wildman–Crippen LogP) is 4.15. The van der Waals surface area contributed by atoms with Crippen LogP contribution >= 0.6 is 0 Å². The molecule has 4 heteroatoms. The molecule has 0 saturated heterocycles. The van der Waals surface area contributed by atoms with E-state index in [2.05, 4.69) is 5.32 Å². The highest BCUT2D eigenvalue weighted by atomic mass is 16.5. The minimum atomic E-state index is -1.01. The first-order chi connectivity index (χ1) is 13.2. The molecule has 1 heterocycles. The molecule has 0 aliphatic carbocycles. The molecule has 4 nitrogen and oxygen atoms in total. The van der Waals surface area contributed by atoms with Crippen LogP contribution in [0.4, 0.5) is 5.69 Å². The van der Waals surface area contributed by atoms with Crippen LogP contribution in [0.25, 0.3) is 0 Å². The summed E-state index contributed by atoms with van der Waals surface area (Å²) in [6.07, 6.45) is 0. The molecule has 0 spiro atoms. The normalized spacial score (nSPS) is 14.3. The summed E-state index contributed by atoms with van der Waals surface area (Å²) < 4.78 is 5.15. The van der Waals surface area contributed by atoms with E-state index in [1.807, 2.05) is 60.7 Å². The fourth-order valence-electron chi connectivity index (χ4n) is 3.76. The van der Waals surface area contributed by atoms with E-state index in [4.69, 9.17) is 4.74 Å². The van der Waals surface area contributed by atoms with Crippen molar-refractivity contribution in [3.63, 3.8) is 0 Å². The van der Waals surface area contributed by atoms with Gasteiger partial charge < -0.3 is 10.1 Å². The first-order valence-electron chi connectivity index (χ1n) is 8.92. The van der Waals surface area contributed by atoms with E-state index in [1.165, 1.54) is 0 Å². The molecule has 1 N–H and O–H groups in total. The Hall–Kier alpha value is -3.40. The van der Waals surface area contributed by atoms with Crippen molar-refractivity contribution in [2.45, 2.75) is 12.3 Å². The minimum Gasteiger partial charge on any atom is -0.462 e. The number of carbonyl (C=O) groups is 2. The number of amides is 1. The van der Waals surface area contributed by atoms with Crippen LogP contribution in [0.1, 0.15) is 34.0 Å². The Morgan fingerprint density at radius 3 is 2.07 bits per heavy atom. The van der Waals surface area contributed by atoms with Crippen molar-refractivity contribution in [3.8, 4) is 0 Å². The van der Waals surface area contributed by atoms with Gasteiger partial charge in [-0.3, -0.25) is 4.79 Å². The van der Waals surface area contributed by atoms with Crippen molar-refractivity contribution in [3.05, 3.63) is 101 Å². The maximum atomic E-state index is 13.3. The fraction of sp³-hybridized carbons (Fsp3) is 0.130. The topological polar surface area (TPSA) is 55.4 Å². The van der Waals surface area contributed by atoms with Gasteiger partial charge in [0.05, 0.1) is 12.2 Å². The molecule has 134 valence electrons. The molecule has 4 rings (SSSR count). The van der Waals surface area contributed by atoms with E-state index >= 15 is 0 Å². The number of hydrogen-bond donors (Lipinski definition) is 1. The molecule has 1 aliphatic rings. The fourth-order valence-corrected chi connectivity index (χ4v) is 3.76. The minimum absolute atomic E-state index is 0.129. The number of ether oxygens (including phenoxy) is 1. The van der Waals surface area contributed by atoms with Gasteiger partial charge in [-0.2, -0.15) is 0 Å². The molecular weight excluding hydrogens is 338 g/mol. The smallest absolute Gasteiger partial charge is 0.338 e. The molecule has 1 aliphatic heterocycles. The van der Waals surface area contributed by atoms with Gasteiger partial charge in [0, 0.05) is 11.3 Å². The lowest BCUT2D eigenvalue weighted by molar-refractivity contribution is -0.118. The number of fused-ring (bicyclic) bond motifs is 1. The first-order valence-corrected chi connectivity index (χ1v) is 8.92. The number of nitrogens with one attached hydrogen (secondary N) is 1. The number of esters is 1. The highest BCUT2D eigenvalue weighted by molar-refractivity contribution is 6.12. The Balaban J connectivity index is 2.00. The summed E-state index contributed by atoms with van der Waals surface area (Å²) in [4.78, 5) is 25.6. The molecule has 0 aromatic heterocycles. The van der Waals surface area contributed by atoms with E-state index in [1.54, 1.807) is 25.1 Å². The lowest BCUT2D eigenvalue weighted by atomic mass is 9.70. The molecule has 0 fully saturated rings. The van der Waals surface area contributed by atoms with Gasteiger partial charge >= 0.3 is 5.97 Å². The summed E-state index contributed by atoms with van der Waals surface area (Å²) >= 11 is 0. The zero-order valence-corrected chi connectivity index (χ0v) is 14.9. The lowest BCUT2D eigenvalue weighted by Gasteiger charge is -2.29. The molecule has 27 heavy (non-hydrogen) atoms. The summed E-state index contributed by atoms with van der Waals surface area (Å²) in [6, 6.07) is 24.5. The third kappa shape index (κ3) is 2.61. The number of carbonyl (C=O) groups excluding carboxylic acids is 2. The number of anilines is 1. The average molecular weight is 357 g/mol. The lowest BCUT2D eigenvalue weighted by Crippen LogP contribution is -2.37. The second-order valence-corrected chi connectivity index (χ2v) is 6.42. The standard InChI is InChI=1S/C23H19NO3/c1-2-27-21(25)16-13-14-20-19(15-16)23(22(26)24-20,17-9-5-3-6-10-17)18-11-7-4-8-12-18/h3-15H,2H2,1H3,(H,24,26). The monoisotopic (exact) mass is 357 g/mol. The third-order valence-corrected chi connectivity index (χ3v) is 4.94. The quantitative estimate of drug-likeness (QED) is 0.714. The summed E-state index contributed by atoms with van der Waals surface area (Å²) in [5.74, 6) is -0.523. The van der Waals surface area contributed by atoms with Crippen LogP contribution in [0.5, 0.6) is 0 Å². The molecule has 0 radical (unpaired) electrons. The molecular formula is C23H19NO3. The van der Waals surface area contributed by atoms with Gasteiger partial charge in [-0.25, -0.2) is 4.79 Å². The van der Waals surface area contributed by atoms with Gasteiger partial charge in [0.2, 0.25) is 5.91 Å². The number of hydrogen-bond acceptors (Lipinski definition) is 3. The largest absolute Gasteiger partial charge is 0.462 e. The molecule has 0 saturated carbocycles.